The Morgan fingerprint density at radius 1 is 0.526 bits per heavy atom. The van der Waals surface area contributed by atoms with Crippen LogP contribution in [0.5, 0.6) is 0 Å². The highest BCUT2D eigenvalue weighted by molar-refractivity contribution is 5.46. The van der Waals surface area contributed by atoms with Gasteiger partial charge in [-0.3, -0.25) is 0 Å². The van der Waals surface area contributed by atoms with Crippen molar-refractivity contribution in [2.45, 2.75) is 77.0 Å². The lowest BCUT2D eigenvalue weighted by molar-refractivity contribution is 0.393. The largest absolute Gasteiger partial charge is 0.472 e. The lowest BCUT2D eigenvalue weighted by Gasteiger charge is -2.22. The monoisotopic (exact) mass is 258 g/mol. The second-order valence-electron chi connectivity index (χ2n) is 6.21. The molecule has 0 aromatic heterocycles. The van der Waals surface area contributed by atoms with E-state index in [1.807, 2.05) is 0 Å². The Balaban J connectivity index is 1.98. The first-order valence-corrected chi connectivity index (χ1v) is 8.21. The molecule has 2 aliphatic carbocycles. The van der Waals surface area contributed by atoms with Crippen LogP contribution in [0.15, 0.2) is 34.8 Å². The molecule has 0 amide bonds. The van der Waals surface area contributed by atoms with E-state index in [0.29, 0.717) is 0 Å². The van der Waals surface area contributed by atoms with Crippen LogP contribution in [0.25, 0.3) is 0 Å². The molecule has 19 heavy (non-hydrogen) atoms. The zero-order chi connectivity index (χ0) is 12.9. The minimum atomic E-state index is 1.22. The fraction of sp³-hybridized carbons (Fsp3) is 0.667. The molecule has 104 valence electrons. The van der Waals surface area contributed by atoms with Gasteiger partial charge in [0.05, 0.1) is 12.5 Å². The van der Waals surface area contributed by atoms with Gasteiger partial charge in [0.1, 0.15) is 0 Å². The highest BCUT2D eigenvalue weighted by atomic mass is 16.5. The van der Waals surface area contributed by atoms with Gasteiger partial charge in [-0.1, -0.05) is 25.7 Å². The third kappa shape index (κ3) is 3.13. The van der Waals surface area contributed by atoms with Gasteiger partial charge in [-0.05, 0) is 73.7 Å². The summed E-state index contributed by atoms with van der Waals surface area (Å²) in [6, 6.07) is 0. The van der Waals surface area contributed by atoms with Gasteiger partial charge in [-0.2, -0.15) is 0 Å². The molecule has 0 N–H and O–H groups in total. The molecule has 0 radical (unpaired) electrons. The van der Waals surface area contributed by atoms with Gasteiger partial charge in [0.15, 0.2) is 0 Å². The molecular formula is C18H26O. The minimum Gasteiger partial charge on any atom is -0.472 e. The van der Waals surface area contributed by atoms with E-state index in [1.54, 1.807) is 11.1 Å². The van der Waals surface area contributed by atoms with Gasteiger partial charge >= 0.3 is 0 Å². The molecule has 0 saturated carbocycles. The lowest BCUT2D eigenvalue weighted by Crippen LogP contribution is -2.04. The van der Waals surface area contributed by atoms with Crippen molar-refractivity contribution in [1.29, 1.82) is 0 Å². The molecule has 3 rings (SSSR count). The SMILES string of the molecule is C1=C2CCCCCCC(=CO1)C1=C2CCCCCC1. The summed E-state index contributed by atoms with van der Waals surface area (Å²) in [6.07, 6.45) is 20.1. The molecule has 0 unspecified atom stereocenters. The van der Waals surface area contributed by atoms with Crippen molar-refractivity contribution in [3.63, 3.8) is 0 Å². The fourth-order valence-corrected chi connectivity index (χ4v) is 3.71. The van der Waals surface area contributed by atoms with Crippen LogP contribution in [0.1, 0.15) is 77.0 Å². The highest BCUT2D eigenvalue weighted by Gasteiger charge is 2.20. The van der Waals surface area contributed by atoms with E-state index in [-0.39, 0.29) is 0 Å². The first-order chi connectivity index (χ1) is 9.45. The van der Waals surface area contributed by atoms with Gasteiger partial charge in [-0.25, -0.2) is 0 Å². The summed E-state index contributed by atoms with van der Waals surface area (Å²) < 4.78 is 5.76. The quantitative estimate of drug-likeness (QED) is 0.534. The maximum Gasteiger partial charge on any atom is 0.0936 e. The Bertz CT molecular complexity index is 373. The molecule has 1 aliphatic heterocycles. The molecular weight excluding hydrogens is 232 g/mol. The molecule has 0 aromatic carbocycles. The Hall–Kier alpha value is -0.980. The fourth-order valence-electron chi connectivity index (χ4n) is 3.71. The zero-order valence-electron chi connectivity index (χ0n) is 12.0. The summed E-state index contributed by atoms with van der Waals surface area (Å²) in [4.78, 5) is 0. The predicted octanol–water partition coefficient (Wildman–Crippen LogP) is 5.79. The summed E-state index contributed by atoms with van der Waals surface area (Å²) in [5.74, 6) is 0. The van der Waals surface area contributed by atoms with Crippen LogP contribution in [-0.2, 0) is 4.74 Å². The van der Waals surface area contributed by atoms with Crippen molar-refractivity contribution < 1.29 is 4.74 Å². The van der Waals surface area contributed by atoms with Crippen molar-refractivity contribution in [3.8, 4) is 0 Å². The van der Waals surface area contributed by atoms with Gasteiger partial charge in [0.25, 0.3) is 0 Å². The average molecular weight is 258 g/mol. The summed E-state index contributed by atoms with van der Waals surface area (Å²) in [5, 5.41) is 0. The number of allylic oxidation sites excluding steroid dienone is 4. The number of rotatable bonds is 0. The lowest BCUT2D eigenvalue weighted by atomic mass is 9.82. The number of hydrogen-bond acceptors (Lipinski definition) is 1. The van der Waals surface area contributed by atoms with Gasteiger partial charge in [0, 0.05) is 0 Å². The van der Waals surface area contributed by atoms with E-state index in [0.717, 1.165) is 0 Å². The first-order valence-electron chi connectivity index (χ1n) is 8.21. The van der Waals surface area contributed by atoms with Crippen molar-refractivity contribution in [3.05, 3.63) is 34.8 Å². The first kappa shape index (κ1) is 13.0. The van der Waals surface area contributed by atoms with Gasteiger partial charge in [-0.15, -0.1) is 0 Å². The summed E-state index contributed by atoms with van der Waals surface area (Å²) >= 11 is 0. The van der Waals surface area contributed by atoms with Crippen LogP contribution in [0.2, 0.25) is 0 Å². The smallest absolute Gasteiger partial charge is 0.0936 e. The van der Waals surface area contributed by atoms with Gasteiger partial charge < -0.3 is 4.74 Å². The second kappa shape index (κ2) is 6.45. The van der Waals surface area contributed by atoms with Crippen molar-refractivity contribution >= 4 is 0 Å². The molecule has 0 atom stereocenters. The van der Waals surface area contributed by atoms with E-state index in [9.17, 15) is 0 Å². The Labute approximate surface area is 117 Å². The van der Waals surface area contributed by atoms with Crippen LogP contribution in [-0.4, -0.2) is 0 Å². The molecule has 0 spiro atoms. The number of ether oxygens (including phenoxy) is 1. The summed E-state index contributed by atoms with van der Waals surface area (Å²) in [7, 11) is 0. The molecule has 0 fully saturated rings. The topological polar surface area (TPSA) is 9.23 Å². The number of hydrogen-bond donors (Lipinski definition) is 0. The Morgan fingerprint density at radius 3 is 1.42 bits per heavy atom. The standard InChI is InChI=1S/C18H26O/c1-2-6-10-16-14-19-13-15(9-5-1)17-11-7-3-4-8-12-18(16)17/h13-14H,1-12H2. The average Bonchev–Trinajstić information content (AvgIpc) is 2.56. The van der Waals surface area contributed by atoms with E-state index in [4.69, 9.17) is 4.74 Å². The summed E-state index contributed by atoms with van der Waals surface area (Å²) in [6.45, 7) is 0. The molecule has 1 heteroatoms. The predicted molar refractivity (Wildman–Crippen MR) is 79.7 cm³/mol. The summed E-state index contributed by atoms with van der Waals surface area (Å²) in [5.41, 5.74) is 6.32. The van der Waals surface area contributed by atoms with E-state index in [2.05, 4.69) is 12.5 Å². The van der Waals surface area contributed by atoms with Crippen molar-refractivity contribution in [2.75, 3.05) is 0 Å². The minimum absolute atomic E-state index is 1.22. The maximum atomic E-state index is 5.76. The molecule has 2 bridgehead atoms. The van der Waals surface area contributed by atoms with Crippen LogP contribution in [0.4, 0.5) is 0 Å². The van der Waals surface area contributed by atoms with E-state index >= 15 is 0 Å². The maximum absolute atomic E-state index is 5.76. The van der Waals surface area contributed by atoms with Crippen LogP contribution in [0, 0.1) is 0 Å². The molecule has 3 aliphatic rings. The molecule has 0 saturated heterocycles. The normalized spacial score (nSPS) is 25.3. The molecule has 1 nitrogen and oxygen atoms in total. The Morgan fingerprint density at radius 2 is 0.947 bits per heavy atom. The third-order valence-electron chi connectivity index (χ3n) is 4.81. The van der Waals surface area contributed by atoms with Crippen LogP contribution in [0.3, 0.4) is 0 Å². The second-order valence-corrected chi connectivity index (χ2v) is 6.21. The Kier molecular flexibility index (Phi) is 4.42. The van der Waals surface area contributed by atoms with E-state index < -0.39 is 0 Å². The van der Waals surface area contributed by atoms with Crippen LogP contribution < -0.4 is 0 Å². The van der Waals surface area contributed by atoms with Crippen molar-refractivity contribution in [2.24, 2.45) is 0 Å². The zero-order valence-corrected chi connectivity index (χ0v) is 12.0. The highest BCUT2D eigenvalue weighted by Crippen LogP contribution is 2.38. The molecule has 0 aromatic rings. The van der Waals surface area contributed by atoms with Crippen LogP contribution >= 0.6 is 0 Å². The third-order valence-corrected chi connectivity index (χ3v) is 4.81. The van der Waals surface area contributed by atoms with E-state index in [1.165, 1.54) is 88.2 Å². The molecule has 1 heterocycles. The van der Waals surface area contributed by atoms with Gasteiger partial charge in [0.2, 0.25) is 0 Å². The van der Waals surface area contributed by atoms with Crippen molar-refractivity contribution in [1.82, 2.24) is 0 Å².